The standard InChI is InChI=1S/C20H14F3IN2O2/c1-2-8-28-18-7-6-13(10-17(18)24)9-14(12-25)19(27)26-16-5-3-4-15(11-16)20(21,22)23/h2-7,9-11H,1,8H2,(H,26,27)/b14-9-. The summed E-state index contributed by atoms with van der Waals surface area (Å²) in [5, 5.41) is 11.6. The fraction of sp³-hybridized carbons (Fsp3) is 0.100. The number of anilines is 1. The third-order valence-corrected chi connectivity index (χ3v) is 4.28. The quantitative estimate of drug-likeness (QED) is 0.251. The van der Waals surface area contributed by atoms with Crippen molar-refractivity contribution >= 4 is 40.3 Å². The fourth-order valence-corrected chi connectivity index (χ4v) is 2.85. The minimum absolute atomic E-state index is 0.0521. The number of rotatable bonds is 6. The summed E-state index contributed by atoms with van der Waals surface area (Å²) in [6, 6.07) is 11.0. The van der Waals surface area contributed by atoms with Crippen LogP contribution in [0.3, 0.4) is 0 Å². The Morgan fingerprint density at radius 2 is 2.04 bits per heavy atom. The van der Waals surface area contributed by atoms with Gasteiger partial charge in [-0.15, -0.1) is 0 Å². The molecular formula is C20H14F3IN2O2. The van der Waals surface area contributed by atoms with E-state index in [9.17, 15) is 23.2 Å². The molecule has 2 rings (SSSR count). The first-order valence-electron chi connectivity index (χ1n) is 7.88. The Morgan fingerprint density at radius 1 is 1.29 bits per heavy atom. The maximum absolute atomic E-state index is 12.8. The van der Waals surface area contributed by atoms with E-state index in [4.69, 9.17) is 4.74 Å². The molecule has 0 saturated carbocycles. The van der Waals surface area contributed by atoms with Crippen molar-refractivity contribution in [1.29, 1.82) is 5.26 Å². The van der Waals surface area contributed by atoms with Crippen LogP contribution >= 0.6 is 22.6 Å². The molecule has 0 aliphatic rings. The number of carbonyl (C=O) groups is 1. The van der Waals surface area contributed by atoms with Crippen molar-refractivity contribution in [3.8, 4) is 11.8 Å². The van der Waals surface area contributed by atoms with Crippen LogP contribution in [0.2, 0.25) is 0 Å². The van der Waals surface area contributed by atoms with Crippen molar-refractivity contribution in [3.05, 3.63) is 75.4 Å². The number of ether oxygens (including phenoxy) is 1. The molecule has 28 heavy (non-hydrogen) atoms. The largest absolute Gasteiger partial charge is 0.488 e. The maximum atomic E-state index is 12.8. The second-order valence-corrected chi connectivity index (χ2v) is 6.65. The van der Waals surface area contributed by atoms with Crippen molar-refractivity contribution < 1.29 is 22.7 Å². The summed E-state index contributed by atoms with van der Waals surface area (Å²) in [6.45, 7) is 3.91. The molecular weight excluding hydrogens is 484 g/mol. The molecule has 1 amide bonds. The summed E-state index contributed by atoms with van der Waals surface area (Å²) in [5.74, 6) is -0.173. The number of nitrogens with one attached hydrogen (secondary N) is 1. The predicted octanol–water partition coefficient (Wildman–Crippen LogP) is 5.42. The minimum atomic E-state index is -4.53. The lowest BCUT2D eigenvalue weighted by Gasteiger charge is -2.10. The zero-order chi connectivity index (χ0) is 20.7. The summed E-state index contributed by atoms with van der Waals surface area (Å²) >= 11 is 2.05. The summed E-state index contributed by atoms with van der Waals surface area (Å²) < 4.78 is 44.5. The highest BCUT2D eigenvalue weighted by Crippen LogP contribution is 2.30. The molecule has 0 spiro atoms. The second kappa shape index (κ2) is 9.41. The number of benzene rings is 2. The van der Waals surface area contributed by atoms with E-state index in [0.29, 0.717) is 17.9 Å². The predicted molar refractivity (Wildman–Crippen MR) is 109 cm³/mol. The number of carbonyl (C=O) groups excluding carboxylic acids is 1. The fourth-order valence-electron chi connectivity index (χ4n) is 2.16. The number of nitriles is 1. The van der Waals surface area contributed by atoms with Gasteiger partial charge in [0.15, 0.2) is 0 Å². The first kappa shape index (κ1) is 21.5. The number of alkyl halides is 3. The van der Waals surface area contributed by atoms with Crippen molar-refractivity contribution in [2.45, 2.75) is 6.18 Å². The molecule has 0 heterocycles. The minimum Gasteiger partial charge on any atom is -0.488 e. The molecule has 2 aromatic rings. The van der Waals surface area contributed by atoms with Crippen LogP contribution < -0.4 is 10.1 Å². The molecule has 1 N–H and O–H groups in total. The van der Waals surface area contributed by atoms with E-state index in [2.05, 4.69) is 34.5 Å². The molecule has 0 atom stereocenters. The van der Waals surface area contributed by atoms with Gasteiger partial charge < -0.3 is 10.1 Å². The Morgan fingerprint density at radius 3 is 2.64 bits per heavy atom. The van der Waals surface area contributed by atoms with Crippen LogP contribution in [-0.4, -0.2) is 12.5 Å². The van der Waals surface area contributed by atoms with E-state index in [0.717, 1.165) is 15.7 Å². The van der Waals surface area contributed by atoms with Crippen molar-refractivity contribution in [2.24, 2.45) is 0 Å². The van der Waals surface area contributed by atoms with Gasteiger partial charge in [-0.3, -0.25) is 4.79 Å². The van der Waals surface area contributed by atoms with Crippen LogP contribution in [0.4, 0.5) is 18.9 Å². The number of hydrogen-bond donors (Lipinski definition) is 1. The topological polar surface area (TPSA) is 62.1 Å². The second-order valence-electron chi connectivity index (χ2n) is 5.49. The molecule has 0 unspecified atom stereocenters. The molecule has 0 bridgehead atoms. The van der Waals surface area contributed by atoms with Crippen LogP contribution in [0, 0.1) is 14.9 Å². The lowest BCUT2D eigenvalue weighted by Crippen LogP contribution is -2.14. The number of hydrogen-bond acceptors (Lipinski definition) is 3. The van der Waals surface area contributed by atoms with Crippen LogP contribution in [-0.2, 0) is 11.0 Å². The summed E-state index contributed by atoms with van der Waals surface area (Å²) in [5.41, 5.74) is -0.611. The van der Waals surface area contributed by atoms with Gasteiger partial charge in [-0.05, 0) is 64.6 Å². The number of halogens is 4. The third-order valence-electron chi connectivity index (χ3n) is 3.44. The number of amides is 1. The van der Waals surface area contributed by atoms with E-state index in [1.54, 1.807) is 30.3 Å². The number of nitrogens with zero attached hydrogens (tertiary/aromatic N) is 1. The molecule has 0 aliphatic heterocycles. The highest BCUT2D eigenvalue weighted by molar-refractivity contribution is 14.1. The monoisotopic (exact) mass is 498 g/mol. The molecule has 0 aliphatic carbocycles. The van der Waals surface area contributed by atoms with Gasteiger partial charge in [-0.1, -0.05) is 24.8 Å². The maximum Gasteiger partial charge on any atom is 0.416 e. The van der Waals surface area contributed by atoms with Crippen LogP contribution in [0.25, 0.3) is 6.08 Å². The molecule has 0 saturated heterocycles. The Kier molecular flexibility index (Phi) is 7.23. The van der Waals surface area contributed by atoms with Crippen molar-refractivity contribution in [3.63, 3.8) is 0 Å². The third kappa shape index (κ3) is 5.85. The summed E-state index contributed by atoms with van der Waals surface area (Å²) in [7, 11) is 0. The highest BCUT2D eigenvalue weighted by Gasteiger charge is 2.30. The first-order valence-corrected chi connectivity index (χ1v) is 8.96. The van der Waals surface area contributed by atoms with E-state index in [1.807, 2.05) is 0 Å². The van der Waals surface area contributed by atoms with Gasteiger partial charge in [0.05, 0.1) is 9.13 Å². The van der Waals surface area contributed by atoms with Crippen LogP contribution in [0.5, 0.6) is 5.75 Å². The van der Waals surface area contributed by atoms with Crippen LogP contribution in [0.1, 0.15) is 11.1 Å². The van der Waals surface area contributed by atoms with Gasteiger partial charge in [0.1, 0.15) is 24.0 Å². The van der Waals surface area contributed by atoms with Crippen molar-refractivity contribution in [2.75, 3.05) is 11.9 Å². The molecule has 144 valence electrons. The molecule has 8 heteroatoms. The van der Waals surface area contributed by atoms with Gasteiger partial charge in [0, 0.05) is 5.69 Å². The average Bonchev–Trinajstić information content (AvgIpc) is 2.65. The average molecular weight is 498 g/mol. The van der Waals surface area contributed by atoms with Gasteiger partial charge in [0.2, 0.25) is 0 Å². The Hall–Kier alpha value is -2.80. The molecule has 0 aromatic heterocycles. The first-order chi connectivity index (χ1) is 13.2. The zero-order valence-corrected chi connectivity index (χ0v) is 16.5. The summed E-state index contributed by atoms with van der Waals surface area (Å²) in [6.07, 6.45) is -1.57. The van der Waals surface area contributed by atoms with Gasteiger partial charge in [0.25, 0.3) is 5.91 Å². The Labute approximate surface area is 173 Å². The molecule has 0 radical (unpaired) electrons. The molecule has 2 aromatic carbocycles. The lowest BCUT2D eigenvalue weighted by atomic mass is 10.1. The van der Waals surface area contributed by atoms with E-state index in [-0.39, 0.29) is 11.3 Å². The molecule has 4 nitrogen and oxygen atoms in total. The normalized spacial score (nSPS) is 11.5. The molecule has 0 fully saturated rings. The zero-order valence-electron chi connectivity index (χ0n) is 14.4. The Bertz CT molecular complexity index is 963. The lowest BCUT2D eigenvalue weighted by molar-refractivity contribution is -0.137. The smallest absolute Gasteiger partial charge is 0.416 e. The van der Waals surface area contributed by atoms with E-state index >= 15 is 0 Å². The van der Waals surface area contributed by atoms with Crippen LogP contribution in [0.15, 0.2) is 60.7 Å². The summed E-state index contributed by atoms with van der Waals surface area (Å²) in [4.78, 5) is 12.3. The van der Waals surface area contributed by atoms with E-state index in [1.165, 1.54) is 18.2 Å². The van der Waals surface area contributed by atoms with Gasteiger partial charge in [-0.2, -0.15) is 18.4 Å². The Balaban J connectivity index is 2.21. The van der Waals surface area contributed by atoms with Gasteiger partial charge >= 0.3 is 6.18 Å². The van der Waals surface area contributed by atoms with Gasteiger partial charge in [-0.25, -0.2) is 0 Å². The SMILES string of the molecule is C=CCOc1ccc(/C=C(/C#N)C(=O)Nc2cccc(C(F)(F)F)c2)cc1I. The van der Waals surface area contributed by atoms with Crippen molar-refractivity contribution in [1.82, 2.24) is 0 Å². The highest BCUT2D eigenvalue weighted by atomic mass is 127. The van der Waals surface area contributed by atoms with E-state index < -0.39 is 17.6 Å².